The number of rotatable bonds is 5. The standard InChI is InChI=1S/C21H29N2O5/c1-9-27-18(24)15-12(3)22-13(4)16(19(25)28-10-2)17(15)14-11-20(5,6)23(26)21(14,7)8/h11H,9-10H2,1-8H3. The molecule has 0 spiro atoms. The molecule has 0 bridgehead atoms. The molecule has 0 aliphatic carbocycles. The quantitative estimate of drug-likeness (QED) is 0.714. The molecule has 7 nitrogen and oxygen atoms in total. The lowest BCUT2D eigenvalue weighted by Crippen LogP contribution is -2.46. The van der Waals surface area contributed by atoms with Crippen LogP contribution in [0, 0.1) is 13.8 Å². The first-order valence-corrected chi connectivity index (χ1v) is 9.46. The van der Waals surface area contributed by atoms with E-state index in [4.69, 9.17) is 9.47 Å². The number of pyridine rings is 1. The van der Waals surface area contributed by atoms with Gasteiger partial charge in [-0.25, -0.2) is 9.59 Å². The van der Waals surface area contributed by atoms with E-state index in [9.17, 15) is 14.8 Å². The Hall–Kier alpha value is -2.25. The zero-order valence-electron chi connectivity index (χ0n) is 17.9. The molecule has 153 valence electrons. The first-order chi connectivity index (χ1) is 12.9. The second kappa shape index (κ2) is 7.64. The van der Waals surface area contributed by atoms with Gasteiger partial charge in [0.15, 0.2) is 0 Å². The molecule has 0 atom stereocenters. The van der Waals surface area contributed by atoms with Crippen LogP contribution in [0.3, 0.4) is 0 Å². The van der Waals surface area contributed by atoms with Crippen LogP contribution in [0.4, 0.5) is 0 Å². The maximum Gasteiger partial charge on any atom is 0.340 e. The predicted molar refractivity (Wildman–Crippen MR) is 104 cm³/mol. The summed E-state index contributed by atoms with van der Waals surface area (Å²) in [6.45, 7) is 14.3. The van der Waals surface area contributed by atoms with Crippen LogP contribution in [0.15, 0.2) is 6.08 Å². The molecule has 1 aliphatic rings. The summed E-state index contributed by atoms with van der Waals surface area (Å²) >= 11 is 0. The Morgan fingerprint density at radius 1 is 0.964 bits per heavy atom. The summed E-state index contributed by atoms with van der Waals surface area (Å²) in [7, 11) is 0. The van der Waals surface area contributed by atoms with Crippen LogP contribution in [-0.2, 0) is 14.7 Å². The number of esters is 2. The zero-order valence-corrected chi connectivity index (χ0v) is 17.9. The Morgan fingerprint density at radius 2 is 1.39 bits per heavy atom. The largest absolute Gasteiger partial charge is 0.462 e. The van der Waals surface area contributed by atoms with Gasteiger partial charge < -0.3 is 9.47 Å². The first kappa shape index (κ1) is 22.0. The van der Waals surface area contributed by atoms with Crippen molar-refractivity contribution in [1.29, 1.82) is 0 Å². The first-order valence-electron chi connectivity index (χ1n) is 9.46. The number of hydrogen-bond donors (Lipinski definition) is 0. The van der Waals surface area contributed by atoms with E-state index in [-0.39, 0.29) is 24.3 Å². The monoisotopic (exact) mass is 389 g/mol. The van der Waals surface area contributed by atoms with Crippen LogP contribution in [0.5, 0.6) is 0 Å². The SMILES string of the molecule is CCOC(=O)c1c(C)nc(C)c(C(=O)OCC)c1C1=CC(C)(C)N([O])C1(C)C. The molecule has 2 heterocycles. The summed E-state index contributed by atoms with van der Waals surface area (Å²) in [5.41, 5.74) is 0.469. The lowest BCUT2D eigenvalue weighted by atomic mass is 9.83. The Morgan fingerprint density at radius 3 is 1.71 bits per heavy atom. The van der Waals surface area contributed by atoms with Gasteiger partial charge in [0.1, 0.15) is 0 Å². The zero-order chi connectivity index (χ0) is 21.4. The maximum atomic E-state index is 12.9. The van der Waals surface area contributed by atoms with Gasteiger partial charge in [0.2, 0.25) is 0 Å². The molecule has 0 fully saturated rings. The highest BCUT2D eigenvalue weighted by Gasteiger charge is 2.49. The van der Waals surface area contributed by atoms with E-state index in [1.807, 2.05) is 0 Å². The number of ether oxygens (including phenoxy) is 2. The molecule has 1 aromatic heterocycles. The molecular weight excluding hydrogens is 360 g/mol. The highest BCUT2D eigenvalue weighted by atomic mass is 16.5. The van der Waals surface area contributed by atoms with Crippen LogP contribution in [0.1, 0.15) is 79.2 Å². The van der Waals surface area contributed by atoms with E-state index in [1.165, 1.54) is 0 Å². The van der Waals surface area contributed by atoms with Gasteiger partial charge in [-0.15, -0.1) is 10.3 Å². The Labute approximate surface area is 166 Å². The van der Waals surface area contributed by atoms with E-state index >= 15 is 0 Å². The van der Waals surface area contributed by atoms with Crippen LogP contribution in [-0.4, -0.2) is 46.3 Å². The normalized spacial score (nSPS) is 18.0. The van der Waals surface area contributed by atoms with Crippen LogP contribution >= 0.6 is 0 Å². The summed E-state index contributed by atoms with van der Waals surface area (Å²) in [5.74, 6) is -1.15. The summed E-state index contributed by atoms with van der Waals surface area (Å²) in [6, 6.07) is 0. The average Bonchev–Trinajstić information content (AvgIpc) is 2.73. The predicted octanol–water partition coefficient (Wildman–Crippen LogP) is 3.65. The molecule has 7 heteroatoms. The third-order valence-corrected chi connectivity index (χ3v) is 4.98. The van der Waals surface area contributed by atoms with Crippen molar-refractivity contribution in [3.05, 3.63) is 34.2 Å². The lowest BCUT2D eigenvalue weighted by molar-refractivity contribution is -0.234. The Kier molecular flexibility index (Phi) is 6.01. The van der Waals surface area contributed by atoms with E-state index < -0.39 is 23.0 Å². The summed E-state index contributed by atoms with van der Waals surface area (Å²) < 4.78 is 10.5. The van der Waals surface area contributed by atoms with E-state index in [0.29, 0.717) is 22.5 Å². The average molecular weight is 389 g/mol. The number of carbonyl (C=O) groups is 2. The minimum Gasteiger partial charge on any atom is -0.462 e. The van der Waals surface area contributed by atoms with Crippen molar-refractivity contribution in [2.24, 2.45) is 0 Å². The molecule has 0 amide bonds. The molecule has 1 aliphatic heterocycles. The van der Waals surface area contributed by atoms with E-state index in [0.717, 1.165) is 5.06 Å². The smallest absolute Gasteiger partial charge is 0.340 e. The summed E-state index contributed by atoms with van der Waals surface area (Å²) in [4.78, 5) is 30.0. The molecule has 0 saturated heterocycles. The lowest BCUT2D eigenvalue weighted by Gasteiger charge is -2.34. The Bertz CT molecular complexity index is 797. The van der Waals surface area contributed by atoms with Crippen molar-refractivity contribution in [1.82, 2.24) is 10.0 Å². The molecule has 1 aromatic rings. The second-order valence-corrected chi connectivity index (χ2v) is 7.91. The van der Waals surface area contributed by atoms with Gasteiger partial charge in [-0.3, -0.25) is 4.98 Å². The maximum absolute atomic E-state index is 12.9. The molecule has 1 radical (unpaired) electrons. The highest BCUT2D eigenvalue weighted by Crippen LogP contribution is 2.46. The van der Waals surface area contributed by atoms with E-state index in [2.05, 4.69) is 4.98 Å². The number of hydroxylamine groups is 2. The number of carbonyl (C=O) groups excluding carboxylic acids is 2. The molecule has 2 rings (SSSR count). The molecule has 0 N–H and O–H groups in total. The van der Waals surface area contributed by atoms with Crippen molar-refractivity contribution in [3.8, 4) is 0 Å². The number of nitrogens with zero attached hydrogens (tertiary/aromatic N) is 2. The van der Waals surface area contributed by atoms with Crippen LogP contribution in [0.25, 0.3) is 5.57 Å². The molecule has 0 saturated carbocycles. The van der Waals surface area contributed by atoms with Crippen LogP contribution in [0.2, 0.25) is 0 Å². The van der Waals surface area contributed by atoms with Gasteiger partial charge in [0, 0.05) is 5.56 Å². The van der Waals surface area contributed by atoms with Crippen molar-refractivity contribution in [2.75, 3.05) is 13.2 Å². The number of hydrogen-bond acceptors (Lipinski definition) is 6. The second-order valence-electron chi connectivity index (χ2n) is 7.91. The van der Waals surface area contributed by atoms with Gasteiger partial charge in [0.25, 0.3) is 0 Å². The van der Waals surface area contributed by atoms with Crippen molar-refractivity contribution < 1.29 is 24.3 Å². The molecular formula is C21H29N2O5. The molecule has 28 heavy (non-hydrogen) atoms. The fourth-order valence-corrected chi connectivity index (χ4v) is 3.82. The fraction of sp³-hybridized carbons (Fsp3) is 0.571. The summed E-state index contributed by atoms with van der Waals surface area (Å²) in [6.07, 6.45) is 1.81. The van der Waals surface area contributed by atoms with Crippen molar-refractivity contribution in [2.45, 2.75) is 66.5 Å². The fourth-order valence-electron chi connectivity index (χ4n) is 3.82. The van der Waals surface area contributed by atoms with Gasteiger partial charge in [-0.1, -0.05) is 6.08 Å². The number of aromatic nitrogens is 1. The topological polar surface area (TPSA) is 88.6 Å². The third kappa shape index (κ3) is 3.56. The van der Waals surface area contributed by atoms with Gasteiger partial charge in [0.05, 0.1) is 46.8 Å². The molecule has 0 unspecified atom stereocenters. The van der Waals surface area contributed by atoms with Crippen LogP contribution < -0.4 is 0 Å². The van der Waals surface area contributed by atoms with Gasteiger partial charge >= 0.3 is 11.9 Å². The Balaban J connectivity index is 2.94. The minimum atomic E-state index is -0.966. The molecule has 0 aromatic carbocycles. The third-order valence-electron chi connectivity index (χ3n) is 4.98. The summed E-state index contributed by atoms with van der Waals surface area (Å²) in [5, 5.41) is 13.9. The van der Waals surface area contributed by atoms with Gasteiger partial charge in [-0.2, -0.15) is 0 Å². The van der Waals surface area contributed by atoms with Gasteiger partial charge in [-0.05, 0) is 61.0 Å². The highest BCUT2D eigenvalue weighted by molar-refractivity contribution is 6.06. The van der Waals surface area contributed by atoms with Crippen molar-refractivity contribution in [3.63, 3.8) is 0 Å². The number of aryl methyl sites for hydroxylation is 2. The minimum absolute atomic E-state index is 0.182. The van der Waals surface area contributed by atoms with Crippen molar-refractivity contribution >= 4 is 17.5 Å². The van der Waals surface area contributed by atoms with E-state index in [1.54, 1.807) is 61.5 Å².